The van der Waals surface area contributed by atoms with Crippen LogP contribution in [-0.4, -0.2) is 104 Å². The van der Waals surface area contributed by atoms with Gasteiger partial charge in [-0.3, -0.25) is 0 Å². The van der Waals surface area contributed by atoms with Crippen LogP contribution in [0.3, 0.4) is 0 Å². The van der Waals surface area contributed by atoms with Crippen LogP contribution in [0, 0.1) is 0 Å². The van der Waals surface area contributed by atoms with Gasteiger partial charge in [-0.05, 0) is 56.6 Å². The van der Waals surface area contributed by atoms with Crippen LogP contribution in [0.1, 0.15) is 19.3 Å². The minimum atomic E-state index is -3.65. The molecular formula is C27H40Cl2N4O8S2. The van der Waals surface area contributed by atoms with Crippen molar-refractivity contribution in [3.8, 4) is 11.5 Å². The maximum atomic E-state index is 13.4. The highest BCUT2D eigenvalue weighted by Crippen LogP contribution is 2.39. The van der Waals surface area contributed by atoms with E-state index in [1.54, 1.807) is 30.3 Å². The number of anilines is 1. The molecule has 242 valence electrons. The van der Waals surface area contributed by atoms with Crippen LogP contribution >= 0.6 is 24.8 Å². The second-order valence-corrected chi connectivity index (χ2v) is 14.6. The summed E-state index contributed by atoms with van der Waals surface area (Å²) in [7, 11) is -3.97. The van der Waals surface area contributed by atoms with E-state index in [0.717, 1.165) is 12.1 Å². The molecule has 2 aromatic rings. The van der Waals surface area contributed by atoms with E-state index in [1.165, 1.54) is 23.5 Å². The van der Waals surface area contributed by atoms with Gasteiger partial charge < -0.3 is 29.5 Å². The maximum absolute atomic E-state index is 13.4. The third kappa shape index (κ3) is 8.05. The van der Waals surface area contributed by atoms with Crippen molar-refractivity contribution < 1.29 is 36.2 Å². The molecule has 0 aromatic heterocycles. The Morgan fingerprint density at radius 1 is 1.07 bits per heavy atom. The Morgan fingerprint density at radius 3 is 2.53 bits per heavy atom. The summed E-state index contributed by atoms with van der Waals surface area (Å²) in [6.45, 7) is 2.76. The van der Waals surface area contributed by atoms with Crippen molar-refractivity contribution in [1.82, 2.24) is 14.3 Å². The summed E-state index contributed by atoms with van der Waals surface area (Å²) in [5.74, 6) is 1.04. The van der Waals surface area contributed by atoms with Gasteiger partial charge in [-0.15, -0.1) is 24.8 Å². The molecule has 3 aliphatic heterocycles. The number of fused-ring (bicyclic) bond motifs is 1. The van der Waals surface area contributed by atoms with E-state index in [9.17, 15) is 21.9 Å². The number of hydrogen-bond acceptors (Lipinski definition) is 10. The van der Waals surface area contributed by atoms with Crippen LogP contribution in [-0.2, 0) is 24.8 Å². The van der Waals surface area contributed by atoms with Crippen molar-refractivity contribution in [3.63, 3.8) is 0 Å². The molecule has 2 saturated heterocycles. The third-order valence-electron chi connectivity index (χ3n) is 7.98. The van der Waals surface area contributed by atoms with Gasteiger partial charge in [-0.2, -0.15) is 4.31 Å². The van der Waals surface area contributed by atoms with Gasteiger partial charge in [-0.1, -0.05) is 6.07 Å². The number of halogens is 2. The molecule has 16 heteroatoms. The van der Waals surface area contributed by atoms with E-state index in [0.29, 0.717) is 57.2 Å². The number of ether oxygens (including phenoxy) is 3. The van der Waals surface area contributed by atoms with Gasteiger partial charge in [0.1, 0.15) is 30.8 Å². The van der Waals surface area contributed by atoms with Gasteiger partial charge in [0, 0.05) is 38.8 Å². The standard InChI is InChI=1S/C27H38N4O8S2.2ClH/c1-28-40(33,34)23-5-3-4-22(14-23)38-19-21(32)17-29-20-16-27(39-18-20)8-10-31(11-9-27)41(35,36)24-6-7-26-25(15-24)30(2)12-13-37-26;;/h3-7,14-15,20-21,28-29,32H,8-13,16-19H2,1-2H3;2*1H/t20-,21+;;/m1../s1. The number of aliphatic hydroxyl groups is 1. The summed E-state index contributed by atoms with van der Waals surface area (Å²) in [6.07, 6.45) is 1.09. The molecule has 3 heterocycles. The van der Waals surface area contributed by atoms with Crippen LogP contribution in [0.4, 0.5) is 5.69 Å². The minimum Gasteiger partial charge on any atom is -0.491 e. The van der Waals surface area contributed by atoms with Crippen molar-refractivity contribution in [2.75, 3.05) is 65.0 Å². The predicted octanol–water partition coefficient (Wildman–Crippen LogP) is 1.61. The molecule has 12 nitrogen and oxygen atoms in total. The van der Waals surface area contributed by atoms with Gasteiger partial charge in [0.25, 0.3) is 0 Å². The van der Waals surface area contributed by atoms with Gasteiger partial charge in [-0.25, -0.2) is 21.6 Å². The molecule has 3 N–H and O–H groups in total. The first-order valence-electron chi connectivity index (χ1n) is 13.7. The zero-order chi connectivity index (χ0) is 29.3. The number of sulfonamides is 2. The quantitative estimate of drug-likeness (QED) is 0.338. The van der Waals surface area contributed by atoms with Crippen molar-refractivity contribution in [2.45, 2.75) is 46.8 Å². The van der Waals surface area contributed by atoms with Crippen molar-refractivity contribution in [3.05, 3.63) is 42.5 Å². The molecule has 2 aromatic carbocycles. The van der Waals surface area contributed by atoms with Gasteiger partial charge in [0.05, 0.1) is 34.2 Å². The van der Waals surface area contributed by atoms with E-state index >= 15 is 0 Å². The van der Waals surface area contributed by atoms with Crippen LogP contribution in [0.15, 0.2) is 52.3 Å². The zero-order valence-electron chi connectivity index (χ0n) is 24.1. The Bertz CT molecular complexity index is 1460. The predicted molar refractivity (Wildman–Crippen MR) is 167 cm³/mol. The lowest BCUT2D eigenvalue weighted by Crippen LogP contribution is -2.47. The zero-order valence-corrected chi connectivity index (χ0v) is 27.4. The number of likely N-dealkylation sites (N-methyl/N-ethyl adjacent to an activating group) is 1. The normalized spacial score (nSPS) is 20.8. The average Bonchev–Trinajstić information content (AvgIpc) is 3.37. The lowest BCUT2D eigenvalue weighted by molar-refractivity contribution is -0.0312. The fourth-order valence-electron chi connectivity index (χ4n) is 5.50. The molecule has 3 aliphatic rings. The fraction of sp³-hybridized carbons (Fsp3) is 0.556. The Labute approximate surface area is 266 Å². The first kappa shape index (κ1) is 35.6. The maximum Gasteiger partial charge on any atom is 0.243 e. The largest absolute Gasteiger partial charge is 0.491 e. The van der Waals surface area contributed by atoms with E-state index in [-0.39, 0.29) is 53.8 Å². The highest BCUT2D eigenvalue weighted by molar-refractivity contribution is 7.89. The Balaban J connectivity index is 0.00000253. The molecule has 0 aliphatic carbocycles. The lowest BCUT2D eigenvalue weighted by atomic mass is 9.88. The summed E-state index contributed by atoms with van der Waals surface area (Å²) >= 11 is 0. The van der Waals surface area contributed by atoms with Crippen molar-refractivity contribution in [2.24, 2.45) is 0 Å². The first-order valence-corrected chi connectivity index (χ1v) is 16.6. The number of aliphatic hydroxyl groups excluding tert-OH is 1. The molecule has 2 fully saturated rings. The summed E-state index contributed by atoms with van der Waals surface area (Å²) in [5.41, 5.74) is 0.385. The fourth-order valence-corrected chi connectivity index (χ4v) is 7.73. The van der Waals surface area contributed by atoms with Gasteiger partial charge in [0.15, 0.2) is 0 Å². The van der Waals surface area contributed by atoms with Gasteiger partial charge in [0.2, 0.25) is 20.0 Å². The summed E-state index contributed by atoms with van der Waals surface area (Å²) in [6, 6.07) is 11.1. The second kappa shape index (κ2) is 14.5. The topological polar surface area (TPSA) is 147 Å². The molecule has 0 radical (unpaired) electrons. The first-order chi connectivity index (χ1) is 19.5. The van der Waals surface area contributed by atoms with Gasteiger partial charge >= 0.3 is 0 Å². The number of hydrogen-bond donors (Lipinski definition) is 3. The smallest absolute Gasteiger partial charge is 0.243 e. The number of benzene rings is 2. The summed E-state index contributed by atoms with van der Waals surface area (Å²) < 4.78 is 72.0. The highest BCUT2D eigenvalue weighted by Gasteiger charge is 2.45. The number of piperidine rings is 1. The monoisotopic (exact) mass is 682 g/mol. The molecule has 0 saturated carbocycles. The van der Waals surface area contributed by atoms with Crippen LogP contribution in [0.5, 0.6) is 11.5 Å². The SMILES string of the molecule is CNS(=O)(=O)c1cccc(OC[C@@H](O)CN[C@H]2COC3(CCN(S(=O)(=O)c4ccc5c(c4)N(C)CCO5)CC3)C2)c1.Cl.Cl. The van der Waals surface area contributed by atoms with Crippen LogP contribution < -0.4 is 24.4 Å². The summed E-state index contributed by atoms with van der Waals surface area (Å²) in [4.78, 5) is 2.35. The Kier molecular flexibility index (Phi) is 12.0. The molecule has 0 bridgehead atoms. The Morgan fingerprint density at radius 2 is 1.81 bits per heavy atom. The molecule has 43 heavy (non-hydrogen) atoms. The number of nitrogens with one attached hydrogen (secondary N) is 2. The highest BCUT2D eigenvalue weighted by atomic mass is 35.5. The molecule has 1 spiro atoms. The van der Waals surface area contributed by atoms with Crippen molar-refractivity contribution in [1.29, 1.82) is 0 Å². The average molecular weight is 684 g/mol. The number of rotatable bonds is 10. The second-order valence-electron chi connectivity index (χ2n) is 10.8. The van der Waals surface area contributed by atoms with Crippen LogP contribution in [0.25, 0.3) is 0 Å². The molecule has 0 unspecified atom stereocenters. The summed E-state index contributed by atoms with van der Waals surface area (Å²) in [5, 5.41) is 13.8. The Hall–Kier alpha value is -1.88. The third-order valence-corrected chi connectivity index (χ3v) is 11.3. The van der Waals surface area contributed by atoms with Crippen LogP contribution in [0.2, 0.25) is 0 Å². The molecule has 5 rings (SSSR count). The van der Waals surface area contributed by atoms with E-state index in [1.807, 2.05) is 11.9 Å². The van der Waals surface area contributed by atoms with E-state index in [2.05, 4.69) is 10.0 Å². The van der Waals surface area contributed by atoms with Crippen molar-refractivity contribution >= 4 is 50.5 Å². The lowest BCUT2D eigenvalue weighted by Gasteiger charge is -2.38. The number of nitrogens with zero attached hydrogens (tertiary/aromatic N) is 2. The molecule has 0 amide bonds. The van der Waals surface area contributed by atoms with E-state index < -0.39 is 31.8 Å². The van der Waals surface area contributed by atoms with E-state index in [4.69, 9.17) is 14.2 Å². The molecule has 2 atom stereocenters. The minimum absolute atomic E-state index is 0. The molecular weight excluding hydrogens is 643 g/mol.